The summed E-state index contributed by atoms with van der Waals surface area (Å²) in [5, 5.41) is 12.4. The average Bonchev–Trinajstić information content (AvgIpc) is 2.28. The van der Waals surface area contributed by atoms with E-state index in [1.807, 2.05) is 13.8 Å². The summed E-state index contributed by atoms with van der Waals surface area (Å²) in [6.07, 6.45) is 1.66. The number of aryl methyl sites for hydroxylation is 1. The van der Waals surface area contributed by atoms with E-state index in [2.05, 4.69) is 5.32 Å². The van der Waals surface area contributed by atoms with Gasteiger partial charge >= 0.3 is 0 Å². The Kier molecular flexibility index (Phi) is 3.57. The summed E-state index contributed by atoms with van der Waals surface area (Å²) in [6, 6.07) is 4.79. The molecule has 0 spiro atoms. The third-order valence-electron chi connectivity index (χ3n) is 3.47. The molecule has 1 aliphatic heterocycles. The number of amides is 1. The van der Waals surface area contributed by atoms with Gasteiger partial charge in [-0.1, -0.05) is 0 Å². The number of hydrogen-bond donors (Lipinski definition) is 2. The second-order valence-electron chi connectivity index (χ2n) is 5.13. The molecule has 0 radical (unpaired) electrons. The fourth-order valence-corrected chi connectivity index (χ4v) is 2.19. The van der Waals surface area contributed by atoms with E-state index in [-0.39, 0.29) is 17.2 Å². The Morgan fingerprint density at radius 2 is 2.06 bits per heavy atom. The van der Waals surface area contributed by atoms with Crippen LogP contribution >= 0.6 is 0 Å². The number of rotatable bonds is 2. The molecule has 1 aliphatic rings. The van der Waals surface area contributed by atoms with Gasteiger partial charge in [-0.05, 0) is 50.5 Å². The maximum absolute atomic E-state index is 12.2. The third-order valence-corrected chi connectivity index (χ3v) is 3.47. The van der Waals surface area contributed by atoms with Gasteiger partial charge < -0.3 is 15.2 Å². The number of phenolic OH excluding ortho intramolecular Hbond substituents is 1. The molecule has 4 nitrogen and oxygen atoms in total. The minimum absolute atomic E-state index is 0.0862. The van der Waals surface area contributed by atoms with Crippen LogP contribution in [0.25, 0.3) is 0 Å². The first-order valence-corrected chi connectivity index (χ1v) is 6.20. The van der Waals surface area contributed by atoms with Gasteiger partial charge in [0.25, 0.3) is 5.91 Å². The molecule has 98 valence electrons. The molecule has 0 aromatic heterocycles. The number of aromatic hydroxyl groups is 1. The highest BCUT2D eigenvalue weighted by atomic mass is 16.5. The summed E-state index contributed by atoms with van der Waals surface area (Å²) in [5.41, 5.74) is 1.20. The first-order chi connectivity index (χ1) is 8.50. The SMILES string of the molecule is Cc1cc(O)ccc1C(=O)NC1(C)CCOCC1. The van der Waals surface area contributed by atoms with E-state index in [9.17, 15) is 9.90 Å². The lowest BCUT2D eigenvalue weighted by Gasteiger charge is -2.34. The lowest BCUT2D eigenvalue weighted by molar-refractivity contribution is 0.0422. The molecule has 4 heteroatoms. The van der Waals surface area contributed by atoms with E-state index in [0.717, 1.165) is 18.4 Å². The van der Waals surface area contributed by atoms with Gasteiger partial charge in [-0.15, -0.1) is 0 Å². The van der Waals surface area contributed by atoms with Crippen LogP contribution in [0, 0.1) is 6.92 Å². The molecule has 1 aromatic rings. The number of ether oxygens (including phenoxy) is 1. The number of benzene rings is 1. The second-order valence-corrected chi connectivity index (χ2v) is 5.13. The summed E-state index contributed by atoms with van der Waals surface area (Å²) in [6.45, 7) is 5.24. The summed E-state index contributed by atoms with van der Waals surface area (Å²) < 4.78 is 5.31. The molecule has 0 bridgehead atoms. The van der Waals surface area contributed by atoms with Crippen molar-refractivity contribution in [3.8, 4) is 5.75 Å². The molecule has 1 amide bonds. The minimum Gasteiger partial charge on any atom is -0.508 e. The number of hydrogen-bond acceptors (Lipinski definition) is 3. The van der Waals surface area contributed by atoms with E-state index in [1.165, 1.54) is 6.07 Å². The van der Waals surface area contributed by atoms with Crippen LogP contribution in [-0.2, 0) is 4.74 Å². The fourth-order valence-electron chi connectivity index (χ4n) is 2.19. The van der Waals surface area contributed by atoms with Crippen molar-refractivity contribution >= 4 is 5.91 Å². The first-order valence-electron chi connectivity index (χ1n) is 6.20. The minimum atomic E-state index is -0.195. The van der Waals surface area contributed by atoms with Gasteiger partial charge in [0.05, 0.1) is 0 Å². The van der Waals surface area contributed by atoms with Crippen LogP contribution in [0.3, 0.4) is 0 Å². The van der Waals surface area contributed by atoms with Crippen LogP contribution in [0.15, 0.2) is 18.2 Å². The molecule has 0 atom stereocenters. The second kappa shape index (κ2) is 4.98. The highest BCUT2D eigenvalue weighted by Crippen LogP contribution is 2.22. The van der Waals surface area contributed by atoms with Crippen molar-refractivity contribution in [3.05, 3.63) is 29.3 Å². The highest BCUT2D eigenvalue weighted by molar-refractivity contribution is 5.96. The van der Waals surface area contributed by atoms with Crippen LogP contribution in [0.4, 0.5) is 0 Å². The number of carbonyl (C=O) groups excluding carboxylic acids is 1. The van der Waals surface area contributed by atoms with Gasteiger partial charge in [0.1, 0.15) is 5.75 Å². The Balaban J connectivity index is 2.11. The molecular weight excluding hydrogens is 230 g/mol. The van der Waals surface area contributed by atoms with E-state index >= 15 is 0 Å². The molecule has 0 aliphatic carbocycles. The van der Waals surface area contributed by atoms with Gasteiger partial charge in [0, 0.05) is 24.3 Å². The summed E-state index contributed by atoms with van der Waals surface area (Å²) >= 11 is 0. The molecule has 2 rings (SSSR count). The van der Waals surface area contributed by atoms with Crippen LogP contribution in [0.1, 0.15) is 35.7 Å². The molecule has 1 saturated heterocycles. The van der Waals surface area contributed by atoms with Crippen LogP contribution in [0.2, 0.25) is 0 Å². The lowest BCUT2D eigenvalue weighted by Crippen LogP contribution is -2.49. The largest absolute Gasteiger partial charge is 0.508 e. The predicted octanol–water partition coefficient (Wildman–Crippen LogP) is 2.00. The van der Waals surface area contributed by atoms with Crippen molar-refractivity contribution in [3.63, 3.8) is 0 Å². The predicted molar refractivity (Wildman–Crippen MR) is 68.8 cm³/mol. The maximum Gasteiger partial charge on any atom is 0.251 e. The Bertz CT molecular complexity index is 450. The topological polar surface area (TPSA) is 58.6 Å². The third kappa shape index (κ3) is 2.82. The molecule has 1 aromatic carbocycles. The zero-order valence-electron chi connectivity index (χ0n) is 10.8. The Morgan fingerprint density at radius 1 is 1.39 bits per heavy atom. The van der Waals surface area contributed by atoms with Gasteiger partial charge in [0.2, 0.25) is 0 Å². The van der Waals surface area contributed by atoms with E-state index in [1.54, 1.807) is 12.1 Å². The van der Waals surface area contributed by atoms with E-state index < -0.39 is 0 Å². The molecule has 1 fully saturated rings. The van der Waals surface area contributed by atoms with Gasteiger partial charge in [-0.25, -0.2) is 0 Å². The van der Waals surface area contributed by atoms with Crippen LogP contribution in [0.5, 0.6) is 5.75 Å². The van der Waals surface area contributed by atoms with Gasteiger partial charge in [-0.3, -0.25) is 4.79 Å². The summed E-state index contributed by atoms with van der Waals surface area (Å²) in [5.74, 6) is 0.0956. The van der Waals surface area contributed by atoms with Crippen molar-refractivity contribution in [1.82, 2.24) is 5.32 Å². The number of nitrogens with one attached hydrogen (secondary N) is 1. The Labute approximate surface area is 107 Å². The standard InChI is InChI=1S/C14H19NO3/c1-10-9-11(16)3-4-12(10)13(17)15-14(2)5-7-18-8-6-14/h3-4,9,16H,5-8H2,1-2H3,(H,15,17). The molecule has 0 saturated carbocycles. The van der Waals surface area contributed by atoms with Crippen molar-refractivity contribution < 1.29 is 14.6 Å². The number of phenols is 1. The summed E-state index contributed by atoms with van der Waals surface area (Å²) in [7, 11) is 0. The Morgan fingerprint density at radius 3 is 2.67 bits per heavy atom. The van der Waals surface area contributed by atoms with Crippen molar-refractivity contribution in [1.29, 1.82) is 0 Å². The Hall–Kier alpha value is -1.55. The van der Waals surface area contributed by atoms with Crippen molar-refractivity contribution in [2.24, 2.45) is 0 Å². The first kappa shape index (κ1) is 12.9. The van der Waals surface area contributed by atoms with Crippen molar-refractivity contribution in [2.75, 3.05) is 13.2 Å². The van der Waals surface area contributed by atoms with Crippen LogP contribution < -0.4 is 5.32 Å². The van der Waals surface area contributed by atoms with Crippen LogP contribution in [-0.4, -0.2) is 29.8 Å². The molecule has 0 unspecified atom stereocenters. The number of carbonyl (C=O) groups is 1. The molecule has 2 N–H and O–H groups in total. The molecule has 18 heavy (non-hydrogen) atoms. The lowest BCUT2D eigenvalue weighted by atomic mass is 9.92. The monoisotopic (exact) mass is 249 g/mol. The highest BCUT2D eigenvalue weighted by Gasteiger charge is 2.29. The quantitative estimate of drug-likeness (QED) is 0.842. The normalized spacial score (nSPS) is 18.3. The zero-order chi connectivity index (χ0) is 13.2. The van der Waals surface area contributed by atoms with E-state index in [4.69, 9.17) is 4.74 Å². The van der Waals surface area contributed by atoms with Crippen molar-refractivity contribution in [2.45, 2.75) is 32.2 Å². The molecule has 1 heterocycles. The smallest absolute Gasteiger partial charge is 0.251 e. The van der Waals surface area contributed by atoms with Gasteiger partial charge in [0.15, 0.2) is 0 Å². The molecular formula is C14H19NO3. The average molecular weight is 249 g/mol. The van der Waals surface area contributed by atoms with E-state index in [0.29, 0.717) is 18.8 Å². The summed E-state index contributed by atoms with van der Waals surface area (Å²) in [4.78, 5) is 12.2. The maximum atomic E-state index is 12.2. The van der Waals surface area contributed by atoms with Gasteiger partial charge in [-0.2, -0.15) is 0 Å². The fraction of sp³-hybridized carbons (Fsp3) is 0.500. The zero-order valence-corrected chi connectivity index (χ0v) is 10.8.